The van der Waals surface area contributed by atoms with Gasteiger partial charge < -0.3 is 18.9 Å². The molecular weight excluding hydrogens is 538 g/mol. The van der Waals surface area contributed by atoms with Crippen molar-refractivity contribution in [3.63, 3.8) is 0 Å². The number of rotatable bonds is 6. The number of carbonyl (C=O) groups is 2. The second-order valence-corrected chi connectivity index (χ2v) is 9.38. The van der Waals surface area contributed by atoms with Crippen LogP contribution in [0.1, 0.15) is 22.8 Å². The van der Waals surface area contributed by atoms with E-state index in [2.05, 4.69) is 20.9 Å². The third-order valence-corrected chi connectivity index (χ3v) is 6.56. The van der Waals surface area contributed by atoms with Gasteiger partial charge in [0.25, 0.3) is 5.91 Å². The fourth-order valence-electron chi connectivity index (χ4n) is 3.41. The predicted molar refractivity (Wildman–Crippen MR) is 137 cm³/mol. The quantitative estimate of drug-likeness (QED) is 0.304. The topological polar surface area (TPSA) is 111 Å². The minimum atomic E-state index is -0.629. The Morgan fingerprint density at radius 3 is 2.49 bits per heavy atom. The third kappa shape index (κ3) is 4.82. The number of carbonyl (C=O) groups excluding carboxylic acids is 2. The van der Waals surface area contributed by atoms with Gasteiger partial charge in [-0.3, -0.25) is 15.1 Å². The lowest BCUT2D eigenvalue weighted by atomic mass is 10.1. The number of hydrogen-bond acceptors (Lipinski definition) is 8. The molecule has 0 radical (unpaired) electrons. The number of hydrogen-bond donors (Lipinski definition) is 1. The zero-order chi connectivity index (χ0) is 25.3. The molecule has 1 amide bonds. The van der Waals surface area contributed by atoms with Crippen molar-refractivity contribution in [1.82, 2.24) is 4.90 Å². The Labute approximate surface area is 214 Å². The minimum Gasteiger partial charge on any atom is -0.493 e. The predicted octanol–water partition coefficient (Wildman–Crippen LogP) is 4.86. The minimum absolute atomic E-state index is 0.0309. The molecule has 35 heavy (non-hydrogen) atoms. The smallest absolute Gasteiger partial charge is 0.343 e. The van der Waals surface area contributed by atoms with Gasteiger partial charge in [0.2, 0.25) is 0 Å². The Kier molecular flexibility index (Phi) is 6.99. The molecule has 0 aliphatic carbocycles. The van der Waals surface area contributed by atoms with Gasteiger partial charge in [0, 0.05) is 11.1 Å². The summed E-state index contributed by atoms with van der Waals surface area (Å²) in [7, 11) is 4.42. The van der Waals surface area contributed by atoms with Crippen LogP contribution in [0.5, 0.6) is 23.0 Å². The number of esters is 1. The van der Waals surface area contributed by atoms with E-state index in [0.717, 1.165) is 4.91 Å². The fraction of sp³-hybridized carbons (Fsp3) is 0.167. The number of ether oxygens (including phenoxy) is 4. The molecule has 0 aromatic heterocycles. The lowest BCUT2D eigenvalue weighted by Crippen LogP contribution is -2.35. The number of fused-ring (bicyclic) bond motifs is 1. The summed E-state index contributed by atoms with van der Waals surface area (Å²) >= 11 is 4.76. The van der Waals surface area contributed by atoms with Crippen LogP contribution in [0.15, 0.2) is 56.5 Å². The van der Waals surface area contributed by atoms with Gasteiger partial charge in [-0.25, -0.2) is 4.79 Å². The van der Waals surface area contributed by atoms with Gasteiger partial charge in [-0.2, -0.15) is 4.99 Å². The van der Waals surface area contributed by atoms with E-state index in [0.29, 0.717) is 26.7 Å². The first-order valence-corrected chi connectivity index (χ1v) is 11.8. The fourth-order valence-corrected chi connectivity index (χ4v) is 4.76. The van der Waals surface area contributed by atoms with Crippen molar-refractivity contribution in [2.45, 2.75) is 6.92 Å². The van der Waals surface area contributed by atoms with Crippen LogP contribution in [0, 0.1) is 5.41 Å². The van der Waals surface area contributed by atoms with Gasteiger partial charge in [0.1, 0.15) is 5.84 Å². The third-order valence-electron chi connectivity index (χ3n) is 5.07. The first-order chi connectivity index (χ1) is 16.7. The van der Waals surface area contributed by atoms with Crippen LogP contribution in [0.4, 0.5) is 0 Å². The molecule has 2 aliphatic rings. The molecule has 2 aromatic carbocycles. The van der Waals surface area contributed by atoms with Crippen molar-refractivity contribution in [3.8, 4) is 23.0 Å². The van der Waals surface area contributed by atoms with Crippen molar-refractivity contribution >= 4 is 56.6 Å². The van der Waals surface area contributed by atoms with Gasteiger partial charge >= 0.3 is 5.97 Å². The molecular formula is C24H20BrN3O6S. The zero-order valence-corrected chi connectivity index (χ0v) is 21.6. The van der Waals surface area contributed by atoms with Crippen molar-refractivity contribution in [3.05, 3.63) is 62.6 Å². The van der Waals surface area contributed by atoms with Gasteiger partial charge in [-0.15, -0.1) is 0 Å². The van der Waals surface area contributed by atoms with Crippen LogP contribution in [-0.2, 0) is 4.79 Å². The SMILES string of the molecule is COc1ccc(C(=O)Oc2c(Br)cc(C=C3C(=N)N4C=C(C)SC4=NC3=O)cc2OC)cc1OC. The molecule has 0 bridgehead atoms. The van der Waals surface area contributed by atoms with Crippen LogP contribution >= 0.6 is 27.7 Å². The maximum absolute atomic E-state index is 12.8. The average Bonchev–Trinajstić information content (AvgIpc) is 3.22. The van der Waals surface area contributed by atoms with Gasteiger partial charge in [-0.1, -0.05) is 11.8 Å². The molecule has 0 unspecified atom stereocenters. The van der Waals surface area contributed by atoms with E-state index < -0.39 is 11.9 Å². The number of allylic oxidation sites excluding steroid dienone is 1. The number of amidine groups is 2. The van der Waals surface area contributed by atoms with E-state index in [1.807, 2.05) is 6.92 Å². The Balaban J connectivity index is 1.64. The number of nitrogens with one attached hydrogen (secondary N) is 1. The summed E-state index contributed by atoms with van der Waals surface area (Å²) in [6, 6.07) is 7.95. The van der Waals surface area contributed by atoms with E-state index in [9.17, 15) is 9.59 Å². The summed E-state index contributed by atoms with van der Waals surface area (Å²) in [5.41, 5.74) is 0.938. The Morgan fingerprint density at radius 2 is 1.80 bits per heavy atom. The molecule has 0 saturated carbocycles. The molecule has 180 valence electrons. The maximum Gasteiger partial charge on any atom is 0.343 e. The largest absolute Gasteiger partial charge is 0.493 e. The first kappa shape index (κ1) is 24.6. The van der Waals surface area contributed by atoms with Crippen molar-refractivity contribution < 1.29 is 28.5 Å². The second kappa shape index (κ2) is 9.96. The molecule has 2 aromatic rings. The standard InChI is InChI=1S/C24H20BrN3O6S/c1-12-11-28-21(26)15(22(29)27-24(28)35-12)7-13-8-16(25)20(19(9-13)33-4)34-23(30)14-5-6-17(31-2)18(10-14)32-3/h5-11,26H,1-4H3. The number of amides is 1. The summed E-state index contributed by atoms with van der Waals surface area (Å²) in [5, 5.41) is 8.92. The molecule has 11 heteroatoms. The van der Waals surface area contributed by atoms with Crippen LogP contribution in [0.2, 0.25) is 0 Å². The number of halogens is 1. The van der Waals surface area contributed by atoms with E-state index in [1.165, 1.54) is 39.2 Å². The normalized spacial score (nSPS) is 16.0. The summed E-state index contributed by atoms with van der Waals surface area (Å²) in [6.45, 7) is 1.89. The molecule has 9 nitrogen and oxygen atoms in total. The number of nitrogens with zero attached hydrogens (tertiary/aromatic N) is 2. The highest BCUT2D eigenvalue weighted by Crippen LogP contribution is 2.39. The first-order valence-electron chi connectivity index (χ1n) is 10.2. The maximum atomic E-state index is 12.8. The second-order valence-electron chi connectivity index (χ2n) is 7.31. The van der Waals surface area contributed by atoms with E-state index in [4.69, 9.17) is 24.4 Å². The molecule has 0 spiro atoms. The zero-order valence-electron chi connectivity index (χ0n) is 19.2. The lowest BCUT2D eigenvalue weighted by Gasteiger charge is -2.22. The van der Waals surface area contributed by atoms with Crippen LogP contribution < -0.4 is 18.9 Å². The summed E-state index contributed by atoms with van der Waals surface area (Å²) in [6.07, 6.45) is 3.31. The Morgan fingerprint density at radius 1 is 1.09 bits per heavy atom. The summed E-state index contributed by atoms with van der Waals surface area (Å²) in [5.74, 6) is 0.190. The van der Waals surface area contributed by atoms with Crippen LogP contribution in [0.25, 0.3) is 6.08 Å². The van der Waals surface area contributed by atoms with Crippen molar-refractivity contribution in [2.24, 2.45) is 4.99 Å². The summed E-state index contributed by atoms with van der Waals surface area (Å²) < 4.78 is 21.9. The van der Waals surface area contributed by atoms with Gasteiger partial charge in [-0.05, 0) is 64.8 Å². The molecule has 0 fully saturated rings. The van der Waals surface area contributed by atoms with Crippen molar-refractivity contribution in [1.29, 1.82) is 5.41 Å². The van der Waals surface area contributed by atoms with Gasteiger partial charge in [0.05, 0.1) is 36.9 Å². The van der Waals surface area contributed by atoms with E-state index >= 15 is 0 Å². The molecule has 2 aliphatic heterocycles. The number of benzene rings is 2. The van der Waals surface area contributed by atoms with Gasteiger partial charge in [0.15, 0.2) is 28.2 Å². The number of methoxy groups -OCH3 is 3. The summed E-state index contributed by atoms with van der Waals surface area (Å²) in [4.78, 5) is 32.0. The lowest BCUT2D eigenvalue weighted by molar-refractivity contribution is -0.114. The van der Waals surface area contributed by atoms with Crippen molar-refractivity contribution in [2.75, 3.05) is 21.3 Å². The Bertz CT molecular complexity index is 1350. The average molecular weight is 558 g/mol. The van der Waals surface area contributed by atoms with Crippen LogP contribution in [-0.4, -0.2) is 49.1 Å². The van der Waals surface area contributed by atoms with E-state index in [1.54, 1.807) is 41.4 Å². The highest BCUT2D eigenvalue weighted by Gasteiger charge is 2.33. The Hall–Kier alpha value is -3.57. The van der Waals surface area contributed by atoms with E-state index in [-0.39, 0.29) is 28.5 Å². The number of aliphatic imine (C=N–C) groups is 1. The molecule has 1 N–H and O–H groups in total. The molecule has 0 saturated heterocycles. The highest BCUT2D eigenvalue weighted by atomic mass is 79.9. The molecule has 0 atom stereocenters. The highest BCUT2D eigenvalue weighted by molar-refractivity contribution is 9.10. The van der Waals surface area contributed by atoms with Crippen LogP contribution in [0.3, 0.4) is 0 Å². The monoisotopic (exact) mass is 557 g/mol. The molecule has 4 rings (SSSR count). The number of thioether (sulfide) groups is 1. The molecule has 2 heterocycles.